The fourth-order valence-corrected chi connectivity index (χ4v) is 3.61. The Morgan fingerprint density at radius 3 is 2.68 bits per heavy atom. The first-order valence-electron chi connectivity index (χ1n) is 10.8. The predicted octanol–water partition coefficient (Wildman–Crippen LogP) is 2.51. The fraction of sp³-hybridized carbons (Fsp3) is 0.348. The Balaban J connectivity index is 1.59. The number of hydrogen-bond acceptors (Lipinski definition) is 10. The Kier molecular flexibility index (Phi) is 7.33. The number of fused-ring (bicyclic) bond motifs is 1. The van der Waals surface area contributed by atoms with Gasteiger partial charge >= 0.3 is 5.97 Å². The first-order valence-corrected chi connectivity index (χ1v) is 10.8. The number of nitrogens with zero attached hydrogens (tertiary/aromatic N) is 4. The van der Waals surface area contributed by atoms with E-state index in [2.05, 4.69) is 35.2 Å². The lowest BCUT2D eigenvalue weighted by atomic mass is 10.1. The normalized spacial score (nSPS) is 13.4. The largest absolute Gasteiger partial charge is 0.494 e. The second-order valence-electron chi connectivity index (χ2n) is 7.54. The number of esters is 1. The summed E-state index contributed by atoms with van der Waals surface area (Å²) in [5.74, 6) is 0.811. The number of rotatable bonds is 8. The van der Waals surface area contributed by atoms with Crippen LogP contribution in [0.3, 0.4) is 0 Å². The lowest BCUT2D eigenvalue weighted by Gasteiger charge is -2.29. The third kappa shape index (κ3) is 5.49. The summed E-state index contributed by atoms with van der Waals surface area (Å²) < 4.78 is 15.4. The number of nitrogens with one attached hydrogen (secondary N) is 2. The van der Waals surface area contributed by atoms with Crippen LogP contribution in [0.25, 0.3) is 10.9 Å². The van der Waals surface area contributed by atoms with Crippen LogP contribution in [0, 0.1) is 0 Å². The second kappa shape index (κ2) is 10.8. The summed E-state index contributed by atoms with van der Waals surface area (Å²) in [6.45, 7) is 3.02. The maximum absolute atomic E-state index is 12.4. The van der Waals surface area contributed by atoms with Gasteiger partial charge in [-0.15, -0.1) is 0 Å². The van der Waals surface area contributed by atoms with Crippen molar-refractivity contribution in [3.05, 3.63) is 36.8 Å². The van der Waals surface area contributed by atoms with Crippen molar-refractivity contribution in [3.63, 3.8) is 0 Å². The molecule has 178 valence electrons. The number of hydrogen-bond donors (Lipinski definition) is 2. The van der Waals surface area contributed by atoms with E-state index in [0.29, 0.717) is 47.2 Å². The van der Waals surface area contributed by atoms with Crippen molar-refractivity contribution in [2.75, 3.05) is 56.1 Å². The number of anilines is 4. The van der Waals surface area contributed by atoms with E-state index in [1.807, 2.05) is 12.1 Å². The molecule has 1 aromatic carbocycles. The van der Waals surface area contributed by atoms with Crippen LogP contribution in [-0.2, 0) is 19.1 Å². The maximum Gasteiger partial charge on any atom is 0.306 e. The van der Waals surface area contributed by atoms with Gasteiger partial charge in [-0.1, -0.05) is 0 Å². The van der Waals surface area contributed by atoms with Gasteiger partial charge in [0, 0.05) is 48.9 Å². The Hall–Kier alpha value is -3.99. The van der Waals surface area contributed by atoms with Crippen LogP contribution in [0.5, 0.6) is 5.75 Å². The SMILES string of the molecule is COC(=O)CCC(=O)Nc1cc2c(Nc3cc(N4CCOCC4)ccn3)ncnc2cc1OC. The predicted molar refractivity (Wildman–Crippen MR) is 127 cm³/mol. The van der Waals surface area contributed by atoms with Crippen LogP contribution in [0.2, 0.25) is 0 Å². The lowest BCUT2D eigenvalue weighted by molar-refractivity contribution is -0.141. The fourth-order valence-electron chi connectivity index (χ4n) is 3.61. The Labute approximate surface area is 196 Å². The molecule has 1 aliphatic heterocycles. The van der Waals surface area contributed by atoms with Gasteiger partial charge in [0.15, 0.2) is 0 Å². The van der Waals surface area contributed by atoms with Crippen LogP contribution >= 0.6 is 0 Å². The van der Waals surface area contributed by atoms with Crippen molar-refractivity contribution in [3.8, 4) is 5.75 Å². The topological polar surface area (TPSA) is 128 Å². The van der Waals surface area contributed by atoms with E-state index < -0.39 is 5.97 Å². The van der Waals surface area contributed by atoms with Gasteiger partial charge < -0.3 is 29.7 Å². The first-order chi connectivity index (χ1) is 16.6. The number of benzene rings is 1. The molecule has 3 heterocycles. The number of amides is 1. The summed E-state index contributed by atoms with van der Waals surface area (Å²) in [4.78, 5) is 39.1. The molecule has 0 aliphatic carbocycles. The highest BCUT2D eigenvalue weighted by molar-refractivity contribution is 6.00. The van der Waals surface area contributed by atoms with Gasteiger partial charge in [0.25, 0.3) is 0 Å². The van der Waals surface area contributed by atoms with Gasteiger partial charge in [-0.3, -0.25) is 9.59 Å². The number of methoxy groups -OCH3 is 2. The molecule has 11 heteroatoms. The molecule has 1 fully saturated rings. The third-order valence-corrected chi connectivity index (χ3v) is 5.38. The highest BCUT2D eigenvalue weighted by atomic mass is 16.5. The minimum Gasteiger partial charge on any atom is -0.494 e. The molecule has 11 nitrogen and oxygen atoms in total. The average molecular weight is 466 g/mol. The highest BCUT2D eigenvalue weighted by Crippen LogP contribution is 2.33. The molecule has 34 heavy (non-hydrogen) atoms. The Bertz CT molecular complexity index is 1180. The summed E-state index contributed by atoms with van der Waals surface area (Å²) in [5.41, 5.74) is 2.11. The van der Waals surface area contributed by atoms with Crippen molar-refractivity contribution >= 4 is 45.8 Å². The van der Waals surface area contributed by atoms with E-state index in [9.17, 15) is 9.59 Å². The number of morpholine rings is 1. The molecule has 0 bridgehead atoms. The van der Waals surface area contributed by atoms with Crippen LogP contribution in [0.4, 0.5) is 23.0 Å². The van der Waals surface area contributed by atoms with Crippen molar-refractivity contribution < 1.29 is 23.8 Å². The number of aromatic nitrogens is 3. The number of carbonyl (C=O) groups is 2. The minimum atomic E-state index is -0.452. The Morgan fingerprint density at radius 1 is 1.09 bits per heavy atom. The van der Waals surface area contributed by atoms with Crippen LogP contribution in [-0.4, -0.2) is 67.4 Å². The summed E-state index contributed by atoms with van der Waals surface area (Å²) in [7, 11) is 2.79. The van der Waals surface area contributed by atoms with Crippen molar-refractivity contribution in [1.82, 2.24) is 15.0 Å². The van der Waals surface area contributed by atoms with Gasteiger partial charge in [-0.05, 0) is 12.1 Å². The van der Waals surface area contributed by atoms with Gasteiger partial charge in [-0.25, -0.2) is 15.0 Å². The molecule has 0 radical (unpaired) electrons. The minimum absolute atomic E-state index is 0.0114. The van der Waals surface area contributed by atoms with E-state index in [1.54, 1.807) is 18.3 Å². The molecule has 3 aromatic rings. The molecule has 2 N–H and O–H groups in total. The average Bonchev–Trinajstić information content (AvgIpc) is 2.88. The molecule has 1 saturated heterocycles. The van der Waals surface area contributed by atoms with E-state index in [1.165, 1.54) is 20.5 Å². The molecule has 2 aromatic heterocycles. The molecule has 1 amide bonds. The molecule has 0 unspecified atom stereocenters. The Morgan fingerprint density at radius 2 is 1.91 bits per heavy atom. The van der Waals surface area contributed by atoms with Gasteiger partial charge in [0.1, 0.15) is 23.7 Å². The standard InChI is InChI=1S/C23H26N6O5/c1-32-19-13-17-16(12-18(19)27-21(30)3-4-22(31)33-2)23(26-14-25-17)28-20-11-15(5-6-24-20)29-7-9-34-10-8-29/h5-6,11-14H,3-4,7-10H2,1-2H3,(H,27,30)(H,24,25,26,28). The van der Waals surface area contributed by atoms with Crippen LogP contribution in [0.15, 0.2) is 36.8 Å². The zero-order valence-electron chi connectivity index (χ0n) is 19.0. The molecule has 0 spiro atoms. The van der Waals surface area contributed by atoms with E-state index in [-0.39, 0.29) is 18.7 Å². The van der Waals surface area contributed by atoms with Crippen LogP contribution in [0.1, 0.15) is 12.8 Å². The molecule has 4 rings (SSSR count). The monoisotopic (exact) mass is 466 g/mol. The number of pyridine rings is 1. The maximum atomic E-state index is 12.4. The second-order valence-corrected chi connectivity index (χ2v) is 7.54. The van der Waals surface area contributed by atoms with E-state index in [0.717, 1.165) is 18.8 Å². The number of ether oxygens (including phenoxy) is 3. The molecular formula is C23H26N6O5. The van der Waals surface area contributed by atoms with Gasteiger partial charge in [0.2, 0.25) is 5.91 Å². The molecular weight excluding hydrogens is 440 g/mol. The first kappa shape index (κ1) is 23.2. The third-order valence-electron chi connectivity index (χ3n) is 5.38. The summed E-state index contributed by atoms with van der Waals surface area (Å²) in [6, 6.07) is 7.37. The van der Waals surface area contributed by atoms with Gasteiger partial charge in [-0.2, -0.15) is 0 Å². The molecule has 0 atom stereocenters. The van der Waals surface area contributed by atoms with Crippen molar-refractivity contribution in [1.29, 1.82) is 0 Å². The van der Waals surface area contributed by atoms with E-state index in [4.69, 9.17) is 9.47 Å². The van der Waals surface area contributed by atoms with Crippen molar-refractivity contribution in [2.24, 2.45) is 0 Å². The summed E-state index contributed by atoms with van der Waals surface area (Å²) >= 11 is 0. The zero-order chi connectivity index (χ0) is 23.9. The van der Waals surface area contributed by atoms with Gasteiger partial charge in [0.05, 0.1) is 45.1 Å². The lowest BCUT2D eigenvalue weighted by Crippen LogP contribution is -2.36. The highest BCUT2D eigenvalue weighted by Gasteiger charge is 2.16. The smallest absolute Gasteiger partial charge is 0.306 e. The van der Waals surface area contributed by atoms with Crippen LogP contribution < -0.4 is 20.3 Å². The quantitative estimate of drug-likeness (QED) is 0.478. The van der Waals surface area contributed by atoms with Crippen molar-refractivity contribution in [2.45, 2.75) is 12.8 Å². The molecule has 1 aliphatic rings. The van der Waals surface area contributed by atoms with E-state index >= 15 is 0 Å². The molecule has 0 saturated carbocycles. The number of carbonyl (C=O) groups excluding carboxylic acids is 2. The summed E-state index contributed by atoms with van der Waals surface area (Å²) in [6.07, 6.45) is 3.17. The zero-order valence-corrected chi connectivity index (χ0v) is 19.0. The summed E-state index contributed by atoms with van der Waals surface area (Å²) in [5, 5.41) is 6.72.